The Morgan fingerprint density at radius 3 is 2.58 bits per heavy atom. The first-order valence-electron chi connectivity index (χ1n) is 9.53. The van der Waals surface area contributed by atoms with Crippen molar-refractivity contribution in [3.63, 3.8) is 0 Å². The molecule has 0 fully saturated rings. The molecule has 33 heavy (non-hydrogen) atoms. The van der Waals surface area contributed by atoms with Crippen molar-refractivity contribution in [2.24, 2.45) is 5.73 Å². The van der Waals surface area contributed by atoms with Crippen molar-refractivity contribution in [3.05, 3.63) is 63.2 Å². The van der Waals surface area contributed by atoms with Crippen LogP contribution in [0.15, 0.2) is 36.4 Å². The van der Waals surface area contributed by atoms with Crippen LogP contribution in [0.25, 0.3) is 0 Å². The average Bonchev–Trinajstić information content (AvgIpc) is 3.15. The lowest BCUT2D eigenvalue weighted by atomic mass is 9.79. The Morgan fingerprint density at radius 2 is 1.94 bits per heavy atom. The molecule has 0 spiro atoms. The first-order valence-corrected chi connectivity index (χ1v) is 9.53. The van der Waals surface area contributed by atoms with Gasteiger partial charge < -0.3 is 36.1 Å². The van der Waals surface area contributed by atoms with Gasteiger partial charge in [0.1, 0.15) is 11.6 Å². The Hall–Kier alpha value is -3.78. The molecule has 7 N–H and O–H groups in total. The van der Waals surface area contributed by atoms with Crippen LogP contribution < -0.4 is 27.3 Å². The predicted octanol–water partition coefficient (Wildman–Crippen LogP) is -3.49. The maximum Gasteiger partial charge on any atom is 0.491 e. The molecule has 3 amide bonds. The first kappa shape index (κ1) is 23.9. The maximum atomic E-state index is 12.6. The second kappa shape index (κ2) is 9.79. The predicted molar refractivity (Wildman–Crippen MR) is 115 cm³/mol. The third kappa shape index (κ3) is 5.35. The van der Waals surface area contributed by atoms with Crippen LogP contribution in [0.3, 0.4) is 0 Å². The van der Waals surface area contributed by atoms with Crippen LogP contribution in [-0.4, -0.2) is 64.5 Å². The van der Waals surface area contributed by atoms with Crippen LogP contribution in [0.1, 0.15) is 26.3 Å². The summed E-state index contributed by atoms with van der Waals surface area (Å²) in [6.07, 6.45) is 0. The molecule has 0 saturated carbocycles. The Bertz CT molecular complexity index is 1130. The van der Waals surface area contributed by atoms with Crippen molar-refractivity contribution >= 4 is 48.6 Å². The van der Waals surface area contributed by atoms with Crippen molar-refractivity contribution < 1.29 is 39.0 Å². The van der Waals surface area contributed by atoms with E-state index in [0.717, 1.165) is 23.8 Å². The summed E-state index contributed by atoms with van der Waals surface area (Å²) in [7, 11) is -3.14. The fourth-order valence-electron chi connectivity index (χ4n) is 3.17. The summed E-state index contributed by atoms with van der Waals surface area (Å²) < 4.78 is 5.06. The van der Waals surface area contributed by atoms with Gasteiger partial charge in [0.2, 0.25) is 5.91 Å². The number of fused-ring (bicyclic) bond motifs is 1. The van der Waals surface area contributed by atoms with Gasteiger partial charge in [0.05, 0.1) is 11.5 Å². The highest BCUT2D eigenvalue weighted by molar-refractivity contribution is 6.61. The lowest BCUT2D eigenvalue weighted by Gasteiger charge is -2.17. The number of hydrogen-bond donors (Lipinski definition) is 6. The third-order valence-corrected chi connectivity index (χ3v) is 4.95. The number of nitrogens with zero attached hydrogens (tertiary/aromatic N) is 1. The van der Waals surface area contributed by atoms with E-state index in [9.17, 15) is 39.6 Å². The number of carbonyl (C=O) groups is 3. The Labute approximate surface area is 187 Å². The number of rotatable bonds is 8. The largest absolute Gasteiger partial charge is 0.491 e. The Balaban J connectivity index is 1.73. The maximum absolute atomic E-state index is 12.6. The molecule has 1 heterocycles. The average molecular weight is 456 g/mol. The van der Waals surface area contributed by atoms with Crippen LogP contribution in [0.5, 0.6) is 0 Å². The van der Waals surface area contributed by atoms with Gasteiger partial charge in [-0.05, 0) is 34.7 Å². The van der Waals surface area contributed by atoms with Crippen molar-refractivity contribution in [3.8, 4) is 0 Å². The smallest absolute Gasteiger partial charge is 0.423 e. The summed E-state index contributed by atoms with van der Waals surface area (Å²) in [5.74, 6) is -2.74. The second-order valence-electron chi connectivity index (χ2n) is 7.12. The monoisotopic (exact) mass is 456 g/mol. The number of benzene rings is 2. The van der Waals surface area contributed by atoms with Gasteiger partial charge in [0.15, 0.2) is 0 Å². The van der Waals surface area contributed by atoms with Gasteiger partial charge in [-0.15, -0.1) is 0 Å². The van der Waals surface area contributed by atoms with E-state index in [0.29, 0.717) is 5.46 Å². The summed E-state index contributed by atoms with van der Waals surface area (Å²) >= 11 is 0. The highest BCUT2D eigenvalue weighted by atomic mass is 16.6. The van der Waals surface area contributed by atoms with Crippen molar-refractivity contribution in [1.29, 1.82) is 0 Å². The molecule has 2 aromatic carbocycles. The molecule has 1 atom stereocenters. The zero-order valence-corrected chi connectivity index (χ0v) is 16.9. The molecule has 1 aliphatic heterocycles. The molecule has 0 unspecified atom stereocenters. The van der Waals surface area contributed by atoms with Crippen LogP contribution in [0, 0.1) is 10.1 Å². The summed E-state index contributed by atoms with van der Waals surface area (Å²) in [6, 6.07) is 5.95. The third-order valence-electron chi connectivity index (χ3n) is 4.95. The number of nitro benzene ring substituents is 1. The zero-order chi connectivity index (χ0) is 24.3. The first-order chi connectivity index (χ1) is 15.6. The lowest BCUT2D eigenvalue weighted by Crippen LogP contribution is -2.51. The summed E-state index contributed by atoms with van der Waals surface area (Å²) in [4.78, 5) is 47.2. The normalized spacial score (nSPS) is 13.1. The molecule has 0 saturated heterocycles. The zero-order valence-electron chi connectivity index (χ0n) is 16.9. The highest BCUT2D eigenvalue weighted by Crippen LogP contribution is 2.17. The summed E-state index contributed by atoms with van der Waals surface area (Å²) in [6.45, 7) is -0.235. The molecule has 170 valence electrons. The molecule has 0 aromatic heterocycles. The fraction of sp³-hybridized carbons (Fsp3) is 0.167. The molecule has 3 rings (SSSR count). The van der Waals surface area contributed by atoms with Gasteiger partial charge >= 0.3 is 14.2 Å². The molecule has 2 aromatic rings. The number of primary amides is 1. The van der Waals surface area contributed by atoms with E-state index < -0.39 is 60.7 Å². The van der Waals surface area contributed by atoms with E-state index in [-0.39, 0.29) is 17.6 Å². The quantitative estimate of drug-likeness (QED) is 0.132. The van der Waals surface area contributed by atoms with Crippen LogP contribution in [-0.2, 0) is 16.1 Å². The van der Waals surface area contributed by atoms with Crippen LogP contribution >= 0.6 is 0 Å². The van der Waals surface area contributed by atoms with Gasteiger partial charge in [-0.25, -0.2) is 0 Å². The van der Waals surface area contributed by atoms with Crippen LogP contribution in [0.4, 0.5) is 5.69 Å². The van der Waals surface area contributed by atoms with Gasteiger partial charge in [0.25, 0.3) is 17.5 Å². The molecule has 13 nitrogen and oxygen atoms in total. The number of nitrogens with two attached hydrogens (primary N) is 1. The van der Waals surface area contributed by atoms with E-state index in [4.69, 9.17) is 10.4 Å². The Kier molecular flexibility index (Phi) is 7.08. The number of hydrogen-bond acceptors (Lipinski definition) is 9. The van der Waals surface area contributed by atoms with Crippen molar-refractivity contribution in [2.75, 3.05) is 6.54 Å². The van der Waals surface area contributed by atoms with E-state index in [1.807, 2.05) is 0 Å². The van der Waals surface area contributed by atoms with Gasteiger partial charge in [0, 0.05) is 18.2 Å². The van der Waals surface area contributed by atoms with E-state index in [2.05, 4.69) is 10.6 Å². The minimum absolute atomic E-state index is 0.160. The highest BCUT2D eigenvalue weighted by Gasteiger charge is 2.29. The van der Waals surface area contributed by atoms with Crippen molar-refractivity contribution in [1.82, 2.24) is 10.6 Å². The Morgan fingerprint density at radius 1 is 1.21 bits per heavy atom. The molecule has 0 radical (unpaired) electrons. The van der Waals surface area contributed by atoms with Gasteiger partial charge in [-0.1, -0.05) is 12.1 Å². The molecular weight excluding hydrogens is 438 g/mol. The van der Waals surface area contributed by atoms with E-state index in [1.54, 1.807) is 6.07 Å². The number of amides is 3. The number of nitro groups is 1. The van der Waals surface area contributed by atoms with Crippen molar-refractivity contribution in [2.45, 2.75) is 12.6 Å². The lowest BCUT2D eigenvalue weighted by molar-refractivity contribution is -0.385. The van der Waals surface area contributed by atoms with E-state index in [1.165, 1.54) is 12.1 Å². The van der Waals surface area contributed by atoms with Gasteiger partial charge in [-0.3, -0.25) is 24.5 Å². The molecular formula is C18H18B2N4O9. The number of nitrogens with one attached hydrogen (secondary N) is 2. The SMILES string of the molecule is NC(=O)[C@H](CNC(=O)c1ccc2c(c1)B(O)OC2)NC(=O)c1cc(B(O)O)ccc1[N+](=O)[O-]. The summed E-state index contributed by atoms with van der Waals surface area (Å²) in [5.41, 5.74) is 5.25. The minimum Gasteiger partial charge on any atom is -0.423 e. The molecule has 0 bridgehead atoms. The fourth-order valence-corrected chi connectivity index (χ4v) is 3.17. The summed E-state index contributed by atoms with van der Waals surface area (Å²) in [5, 5.41) is 44.1. The van der Waals surface area contributed by atoms with E-state index >= 15 is 0 Å². The topological polar surface area (TPSA) is 214 Å². The molecule has 15 heteroatoms. The minimum atomic E-state index is -1.99. The standard InChI is InChI=1S/C18H18B2N4O9/c21-16(25)14(7-22-17(26)9-1-2-10-8-33-20(30)13(10)5-9)23-18(27)12-6-11(19(28)29)3-4-15(12)24(31)32/h1-6,14,28-30H,7-8H2,(H2,21,25)(H,22,26)(H,23,27)/t14-/m0/s1. The molecule has 1 aliphatic rings. The molecule has 0 aliphatic carbocycles. The van der Waals surface area contributed by atoms with Crippen LogP contribution in [0.2, 0.25) is 0 Å². The number of carbonyl (C=O) groups excluding carboxylic acids is 3. The van der Waals surface area contributed by atoms with Gasteiger partial charge in [-0.2, -0.15) is 0 Å². The second-order valence-corrected chi connectivity index (χ2v) is 7.12.